The number of nitro benzene ring substituents is 1. The molecule has 0 atom stereocenters. The molecule has 0 saturated heterocycles. The predicted octanol–water partition coefficient (Wildman–Crippen LogP) is 4.40. The van der Waals surface area contributed by atoms with Gasteiger partial charge in [-0.1, -0.05) is 12.1 Å². The van der Waals surface area contributed by atoms with E-state index in [1.807, 2.05) is 17.5 Å². The van der Waals surface area contributed by atoms with E-state index in [2.05, 4.69) is 4.98 Å². The van der Waals surface area contributed by atoms with Crippen LogP contribution in [0.3, 0.4) is 0 Å². The van der Waals surface area contributed by atoms with Gasteiger partial charge in [-0.25, -0.2) is 4.98 Å². The van der Waals surface area contributed by atoms with Gasteiger partial charge < -0.3 is 9.47 Å². The van der Waals surface area contributed by atoms with Gasteiger partial charge in [0.05, 0.1) is 24.8 Å². The van der Waals surface area contributed by atoms with Gasteiger partial charge in [-0.15, -0.1) is 11.3 Å². The summed E-state index contributed by atoms with van der Waals surface area (Å²) in [5.41, 5.74) is 2.35. The number of hydrogen-bond acceptors (Lipinski definition) is 6. The molecular formula is C17H14N2O4S. The molecule has 6 nitrogen and oxygen atoms in total. The first-order valence-electron chi connectivity index (χ1n) is 7.05. The largest absolute Gasteiger partial charge is 0.497 e. The molecule has 0 aliphatic carbocycles. The monoisotopic (exact) mass is 342 g/mol. The summed E-state index contributed by atoms with van der Waals surface area (Å²) in [5.74, 6) is 1.36. The molecule has 0 aliphatic heterocycles. The second-order valence-electron chi connectivity index (χ2n) is 4.91. The maximum absolute atomic E-state index is 10.9. The number of nitrogens with zero attached hydrogens (tertiary/aromatic N) is 2. The number of rotatable bonds is 5. The Hall–Kier alpha value is -2.93. The van der Waals surface area contributed by atoms with Gasteiger partial charge in [0.2, 0.25) is 0 Å². The third kappa shape index (κ3) is 3.07. The van der Waals surface area contributed by atoms with E-state index >= 15 is 0 Å². The van der Waals surface area contributed by atoms with Crippen molar-refractivity contribution in [1.29, 1.82) is 0 Å². The Bertz CT molecular complexity index is 892. The van der Waals surface area contributed by atoms with Gasteiger partial charge in [0.25, 0.3) is 5.69 Å². The number of nitro groups is 1. The minimum Gasteiger partial charge on any atom is -0.497 e. The molecule has 0 bridgehead atoms. The number of methoxy groups -OCH3 is 2. The maximum Gasteiger partial charge on any atom is 0.270 e. The van der Waals surface area contributed by atoms with Crippen molar-refractivity contribution in [3.8, 4) is 33.3 Å². The average Bonchev–Trinajstić information content (AvgIpc) is 3.11. The van der Waals surface area contributed by atoms with Gasteiger partial charge in [0.1, 0.15) is 16.5 Å². The first-order valence-corrected chi connectivity index (χ1v) is 7.93. The van der Waals surface area contributed by atoms with Crippen LogP contribution in [-0.4, -0.2) is 24.1 Å². The van der Waals surface area contributed by atoms with Gasteiger partial charge in [0.15, 0.2) is 0 Å². The zero-order valence-corrected chi connectivity index (χ0v) is 13.9. The summed E-state index contributed by atoms with van der Waals surface area (Å²) < 4.78 is 10.6. The molecule has 3 rings (SSSR count). The van der Waals surface area contributed by atoms with Crippen LogP contribution >= 0.6 is 11.3 Å². The van der Waals surface area contributed by atoms with E-state index < -0.39 is 4.92 Å². The van der Waals surface area contributed by atoms with Gasteiger partial charge in [-0.05, 0) is 12.1 Å². The summed E-state index contributed by atoms with van der Waals surface area (Å²) >= 11 is 1.43. The molecule has 24 heavy (non-hydrogen) atoms. The zero-order chi connectivity index (χ0) is 17.1. The van der Waals surface area contributed by atoms with Crippen LogP contribution in [0, 0.1) is 10.1 Å². The first-order chi connectivity index (χ1) is 11.6. The van der Waals surface area contributed by atoms with Crippen LogP contribution in [0.25, 0.3) is 21.8 Å². The number of ether oxygens (including phenoxy) is 2. The fraction of sp³-hybridized carbons (Fsp3) is 0.118. The Morgan fingerprint density at radius 1 is 1.12 bits per heavy atom. The number of benzene rings is 2. The minimum atomic E-state index is -0.412. The Morgan fingerprint density at radius 3 is 2.67 bits per heavy atom. The van der Waals surface area contributed by atoms with Crippen molar-refractivity contribution in [2.45, 2.75) is 0 Å². The highest BCUT2D eigenvalue weighted by atomic mass is 32.1. The molecule has 0 spiro atoms. The van der Waals surface area contributed by atoms with E-state index in [0.717, 1.165) is 11.3 Å². The maximum atomic E-state index is 10.9. The molecule has 7 heteroatoms. The lowest BCUT2D eigenvalue weighted by molar-refractivity contribution is -0.384. The molecule has 0 saturated carbocycles. The lowest BCUT2D eigenvalue weighted by atomic mass is 10.1. The molecular weight excluding hydrogens is 328 g/mol. The summed E-state index contributed by atoms with van der Waals surface area (Å²) in [5, 5.41) is 13.5. The summed E-state index contributed by atoms with van der Waals surface area (Å²) in [7, 11) is 3.18. The Labute approximate surface area is 142 Å². The Morgan fingerprint density at radius 2 is 1.96 bits per heavy atom. The van der Waals surface area contributed by atoms with Crippen molar-refractivity contribution in [2.24, 2.45) is 0 Å². The molecule has 0 aliphatic rings. The second-order valence-corrected chi connectivity index (χ2v) is 5.77. The van der Waals surface area contributed by atoms with Crippen molar-refractivity contribution < 1.29 is 14.4 Å². The van der Waals surface area contributed by atoms with E-state index in [1.54, 1.807) is 32.4 Å². The molecule has 0 radical (unpaired) electrons. The highest BCUT2D eigenvalue weighted by Gasteiger charge is 2.14. The van der Waals surface area contributed by atoms with Crippen LogP contribution in [-0.2, 0) is 0 Å². The predicted molar refractivity (Wildman–Crippen MR) is 92.7 cm³/mol. The quantitative estimate of drug-likeness (QED) is 0.507. The van der Waals surface area contributed by atoms with Crippen LogP contribution in [0.2, 0.25) is 0 Å². The zero-order valence-electron chi connectivity index (χ0n) is 13.1. The van der Waals surface area contributed by atoms with Crippen LogP contribution in [0.1, 0.15) is 0 Å². The SMILES string of the molecule is COc1ccc(-c2csc(-c3cccc([N+](=O)[O-])c3)n2)c(OC)c1. The fourth-order valence-electron chi connectivity index (χ4n) is 2.29. The molecule has 1 heterocycles. The summed E-state index contributed by atoms with van der Waals surface area (Å²) in [6, 6.07) is 12.0. The van der Waals surface area contributed by atoms with E-state index in [1.165, 1.54) is 23.5 Å². The van der Waals surface area contributed by atoms with E-state index in [0.29, 0.717) is 22.1 Å². The summed E-state index contributed by atoms with van der Waals surface area (Å²) in [6.45, 7) is 0. The lowest BCUT2D eigenvalue weighted by Gasteiger charge is -2.08. The topological polar surface area (TPSA) is 74.5 Å². The number of aromatic nitrogens is 1. The van der Waals surface area contributed by atoms with E-state index in [4.69, 9.17) is 9.47 Å². The molecule has 0 N–H and O–H groups in total. The van der Waals surface area contributed by atoms with Crippen molar-refractivity contribution in [2.75, 3.05) is 14.2 Å². The number of thiazole rings is 1. The van der Waals surface area contributed by atoms with Gasteiger partial charge in [-0.3, -0.25) is 10.1 Å². The smallest absolute Gasteiger partial charge is 0.270 e. The molecule has 0 amide bonds. The van der Waals surface area contributed by atoms with Gasteiger partial charge >= 0.3 is 0 Å². The highest BCUT2D eigenvalue weighted by Crippen LogP contribution is 2.36. The van der Waals surface area contributed by atoms with Crippen LogP contribution in [0.4, 0.5) is 5.69 Å². The normalized spacial score (nSPS) is 10.4. The second kappa shape index (κ2) is 6.67. The third-order valence-corrected chi connectivity index (χ3v) is 4.38. The summed E-state index contributed by atoms with van der Waals surface area (Å²) in [4.78, 5) is 15.1. The number of non-ortho nitro benzene ring substituents is 1. The Kier molecular flexibility index (Phi) is 4.43. The van der Waals surface area contributed by atoms with E-state index in [-0.39, 0.29) is 5.69 Å². The lowest BCUT2D eigenvalue weighted by Crippen LogP contribution is -1.91. The molecule has 0 fully saturated rings. The Balaban J connectivity index is 1.99. The van der Waals surface area contributed by atoms with Gasteiger partial charge in [0, 0.05) is 34.7 Å². The van der Waals surface area contributed by atoms with Gasteiger partial charge in [-0.2, -0.15) is 0 Å². The first kappa shape index (κ1) is 15.9. The minimum absolute atomic E-state index is 0.0475. The highest BCUT2D eigenvalue weighted by molar-refractivity contribution is 7.13. The van der Waals surface area contributed by atoms with Crippen molar-refractivity contribution >= 4 is 17.0 Å². The average molecular weight is 342 g/mol. The van der Waals surface area contributed by atoms with Crippen molar-refractivity contribution in [3.05, 3.63) is 58.0 Å². The molecule has 2 aromatic carbocycles. The molecule has 3 aromatic rings. The fourth-order valence-corrected chi connectivity index (χ4v) is 3.11. The van der Waals surface area contributed by atoms with Crippen LogP contribution < -0.4 is 9.47 Å². The molecule has 0 unspecified atom stereocenters. The van der Waals surface area contributed by atoms with Crippen LogP contribution in [0.5, 0.6) is 11.5 Å². The molecule has 1 aromatic heterocycles. The van der Waals surface area contributed by atoms with Crippen molar-refractivity contribution in [3.63, 3.8) is 0 Å². The summed E-state index contributed by atoms with van der Waals surface area (Å²) in [6.07, 6.45) is 0. The standard InChI is InChI=1S/C17H14N2O4S/c1-22-13-6-7-14(16(9-13)23-2)15-10-24-17(18-15)11-4-3-5-12(8-11)19(20)21/h3-10H,1-2H3. The van der Waals surface area contributed by atoms with Crippen molar-refractivity contribution in [1.82, 2.24) is 4.98 Å². The number of hydrogen-bond donors (Lipinski definition) is 0. The third-order valence-electron chi connectivity index (χ3n) is 3.49. The van der Waals surface area contributed by atoms with Crippen LogP contribution in [0.15, 0.2) is 47.8 Å². The van der Waals surface area contributed by atoms with E-state index in [9.17, 15) is 10.1 Å². The molecule has 122 valence electrons.